The number of nitrogens with one attached hydrogen (secondary N) is 1. The first kappa shape index (κ1) is 11.7. The first-order chi connectivity index (χ1) is 8.17. The first-order valence-electron chi connectivity index (χ1n) is 5.03. The monoisotopic (exact) mass is 251 g/mol. The van der Waals surface area contributed by atoms with Gasteiger partial charge in [0.15, 0.2) is 0 Å². The van der Waals surface area contributed by atoms with Gasteiger partial charge in [0.25, 0.3) is 0 Å². The molecule has 0 fully saturated rings. The highest BCUT2D eigenvalue weighted by atomic mass is 35.5. The molecule has 0 spiro atoms. The second-order valence-electron chi connectivity index (χ2n) is 3.52. The van der Waals surface area contributed by atoms with Crippen molar-refractivity contribution in [3.8, 4) is 0 Å². The van der Waals surface area contributed by atoms with Gasteiger partial charge in [-0.25, -0.2) is 9.07 Å². The molecule has 1 N–H and O–H groups in total. The van der Waals surface area contributed by atoms with Gasteiger partial charge in [0.05, 0.1) is 6.20 Å². The largest absolute Gasteiger partial charge is 0.381 e. The minimum Gasteiger partial charge on any atom is -0.381 e. The van der Waals surface area contributed by atoms with Crippen LogP contribution in [0.5, 0.6) is 0 Å². The highest BCUT2D eigenvalue weighted by molar-refractivity contribution is 6.30. The van der Waals surface area contributed by atoms with Crippen LogP contribution in [0.15, 0.2) is 37.2 Å². The van der Waals surface area contributed by atoms with Gasteiger partial charge in [-0.05, 0) is 18.2 Å². The summed E-state index contributed by atoms with van der Waals surface area (Å²) in [6, 6.07) is 4.33. The maximum absolute atomic E-state index is 13.1. The average Bonchev–Trinajstić information content (AvgIpc) is 2.73. The number of nitrogens with zero attached hydrogens (tertiary/aromatic N) is 2. The van der Waals surface area contributed by atoms with Gasteiger partial charge in [0.1, 0.15) is 5.82 Å². The van der Waals surface area contributed by atoms with Crippen LogP contribution in [0.1, 0.15) is 5.56 Å². The van der Waals surface area contributed by atoms with Crippen LogP contribution in [0.25, 0.3) is 6.20 Å². The molecule has 0 aliphatic heterocycles. The van der Waals surface area contributed by atoms with E-state index in [-0.39, 0.29) is 5.82 Å². The lowest BCUT2D eigenvalue weighted by Crippen LogP contribution is -1.98. The third-order valence-corrected chi connectivity index (χ3v) is 2.42. The fraction of sp³-hybridized carbons (Fsp3) is 0.0833. The molecule has 2 rings (SSSR count). The van der Waals surface area contributed by atoms with Crippen molar-refractivity contribution in [2.24, 2.45) is 0 Å². The Morgan fingerprint density at radius 1 is 1.47 bits per heavy atom. The Bertz CT molecular complexity index is 516. The normalized spacial score (nSPS) is 10.2. The maximum atomic E-state index is 13.1. The Hall–Kier alpha value is -1.81. The molecule has 17 heavy (non-hydrogen) atoms. The summed E-state index contributed by atoms with van der Waals surface area (Å²) in [6.45, 7) is 4.15. The average molecular weight is 252 g/mol. The Morgan fingerprint density at radius 2 is 2.29 bits per heavy atom. The Balaban J connectivity index is 2.04. The zero-order valence-corrected chi connectivity index (χ0v) is 9.78. The molecule has 1 heterocycles. The van der Waals surface area contributed by atoms with Crippen LogP contribution in [0.3, 0.4) is 0 Å². The summed E-state index contributed by atoms with van der Waals surface area (Å²) in [5, 5.41) is 7.48. The Morgan fingerprint density at radius 3 is 2.94 bits per heavy atom. The van der Waals surface area contributed by atoms with Crippen molar-refractivity contribution < 1.29 is 4.39 Å². The fourth-order valence-electron chi connectivity index (χ4n) is 1.43. The zero-order chi connectivity index (χ0) is 12.3. The summed E-state index contributed by atoms with van der Waals surface area (Å²) < 4.78 is 14.7. The van der Waals surface area contributed by atoms with Gasteiger partial charge in [0, 0.05) is 35.2 Å². The molecular weight excluding hydrogens is 241 g/mol. The third kappa shape index (κ3) is 3.07. The van der Waals surface area contributed by atoms with E-state index in [2.05, 4.69) is 17.0 Å². The first-order valence-corrected chi connectivity index (χ1v) is 5.41. The fourth-order valence-corrected chi connectivity index (χ4v) is 1.65. The van der Waals surface area contributed by atoms with Gasteiger partial charge in [-0.15, -0.1) is 0 Å². The lowest BCUT2D eigenvalue weighted by Gasteiger charge is -2.05. The van der Waals surface area contributed by atoms with Crippen LogP contribution in [-0.4, -0.2) is 9.78 Å². The van der Waals surface area contributed by atoms with Gasteiger partial charge < -0.3 is 5.32 Å². The van der Waals surface area contributed by atoms with Gasteiger partial charge in [-0.3, -0.25) is 0 Å². The zero-order valence-electron chi connectivity index (χ0n) is 9.03. The number of aromatic nitrogens is 2. The molecular formula is C12H11ClFN3. The van der Waals surface area contributed by atoms with E-state index in [0.29, 0.717) is 17.3 Å². The lowest BCUT2D eigenvalue weighted by atomic mass is 10.3. The maximum Gasteiger partial charge on any atom is 0.126 e. The van der Waals surface area contributed by atoms with E-state index < -0.39 is 0 Å². The summed E-state index contributed by atoms with van der Waals surface area (Å²) in [4.78, 5) is 0. The van der Waals surface area contributed by atoms with Crippen LogP contribution in [0.4, 0.5) is 10.1 Å². The number of anilines is 1. The van der Waals surface area contributed by atoms with E-state index in [4.69, 9.17) is 11.6 Å². The van der Waals surface area contributed by atoms with Crippen molar-refractivity contribution in [2.45, 2.75) is 6.54 Å². The molecule has 0 aliphatic carbocycles. The standard InChI is InChI=1S/C12H11ClFN3/c1-2-17-8-9(7-16-17)6-15-12-4-10(13)3-11(14)5-12/h2-5,7-8,15H,1,6H2. The van der Waals surface area contributed by atoms with Gasteiger partial charge in [0.2, 0.25) is 0 Å². The molecule has 0 bridgehead atoms. The van der Waals surface area contributed by atoms with Crippen molar-refractivity contribution in [3.05, 3.63) is 53.6 Å². The molecule has 0 aliphatic rings. The van der Waals surface area contributed by atoms with Gasteiger partial charge >= 0.3 is 0 Å². The minimum absolute atomic E-state index is 0.359. The quantitative estimate of drug-likeness (QED) is 0.903. The summed E-state index contributed by atoms with van der Waals surface area (Å²) in [7, 11) is 0. The summed E-state index contributed by atoms with van der Waals surface area (Å²) in [5.74, 6) is -0.359. The topological polar surface area (TPSA) is 29.9 Å². The highest BCUT2D eigenvalue weighted by Crippen LogP contribution is 2.18. The molecule has 1 aromatic carbocycles. The van der Waals surface area contributed by atoms with E-state index in [1.165, 1.54) is 12.1 Å². The Labute approximate surface area is 104 Å². The van der Waals surface area contributed by atoms with Crippen LogP contribution in [0, 0.1) is 5.82 Å². The molecule has 0 radical (unpaired) electrons. The molecule has 0 saturated heterocycles. The van der Waals surface area contributed by atoms with Crippen molar-refractivity contribution in [2.75, 3.05) is 5.32 Å². The smallest absolute Gasteiger partial charge is 0.126 e. The molecule has 1 aromatic heterocycles. The van der Waals surface area contributed by atoms with E-state index in [0.717, 1.165) is 5.56 Å². The number of benzene rings is 1. The molecule has 0 unspecified atom stereocenters. The van der Waals surface area contributed by atoms with Crippen molar-refractivity contribution >= 4 is 23.5 Å². The molecule has 0 atom stereocenters. The van der Waals surface area contributed by atoms with Crippen molar-refractivity contribution in [1.82, 2.24) is 9.78 Å². The highest BCUT2D eigenvalue weighted by Gasteiger charge is 2.00. The molecule has 88 valence electrons. The molecule has 2 aromatic rings. The van der Waals surface area contributed by atoms with E-state index >= 15 is 0 Å². The van der Waals surface area contributed by atoms with Crippen LogP contribution in [0.2, 0.25) is 5.02 Å². The number of halogens is 2. The third-order valence-electron chi connectivity index (χ3n) is 2.20. The van der Waals surface area contributed by atoms with E-state index in [9.17, 15) is 4.39 Å². The molecule has 0 saturated carbocycles. The second kappa shape index (κ2) is 5.01. The minimum atomic E-state index is -0.359. The molecule has 3 nitrogen and oxygen atoms in total. The summed E-state index contributed by atoms with van der Waals surface area (Å²) in [6.07, 6.45) is 5.15. The summed E-state index contributed by atoms with van der Waals surface area (Å²) >= 11 is 5.75. The van der Waals surface area contributed by atoms with Crippen molar-refractivity contribution in [3.63, 3.8) is 0 Å². The number of rotatable bonds is 4. The van der Waals surface area contributed by atoms with Crippen molar-refractivity contribution in [1.29, 1.82) is 0 Å². The SMILES string of the molecule is C=Cn1cc(CNc2cc(F)cc(Cl)c2)cn1. The molecule has 0 amide bonds. The van der Waals surface area contributed by atoms with Crippen LogP contribution >= 0.6 is 11.6 Å². The van der Waals surface area contributed by atoms with Gasteiger partial charge in [-0.1, -0.05) is 18.2 Å². The predicted octanol–water partition coefficient (Wildman–Crippen LogP) is 3.39. The van der Waals surface area contributed by atoms with Crippen LogP contribution in [-0.2, 0) is 6.54 Å². The van der Waals surface area contributed by atoms with E-state index in [1.54, 1.807) is 23.1 Å². The number of hydrogen-bond acceptors (Lipinski definition) is 2. The predicted molar refractivity (Wildman–Crippen MR) is 67.4 cm³/mol. The summed E-state index contributed by atoms with van der Waals surface area (Å²) in [5.41, 5.74) is 1.62. The Kier molecular flexibility index (Phi) is 3.44. The van der Waals surface area contributed by atoms with E-state index in [1.807, 2.05) is 6.20 Å². The van der Waals surface area contributed by atoms with Gasteiger partial charge in [-0.2, -0.15) is 5.10 Å². The van der Waals surface area contributed by atoms with Crippen LogP contribution < -0.4 is 5.32 Å². The lowest BCUT2D eigenvalue weighted by molar-refractivity contribution is 0.628. The second-order valence-corrected chi connectivity index (χ2v) is 3.96. The molecule has 5 heteroatoms. The number of hydrogen-bond donors (Lipinski definition) is 1.